The van der Waals surface area contributed by atoms with Crippen LogP contribution in [-0.4, -0.2) is 5.16 Å². The molecule has 3 nitrogen and oxygen atoms in total. The number of aromatic nitrogens is 1. The van der Waals surface area contributed by atoms with E-state index in [2.05, 4.69) is 19.0 Å². The number of hydrogen-bond acceptors (Lipinski definition) is 3. The van der Waals surface area contributed by atoms with Crippen LogP contribution in [0, 0.1) is 5.92 Å². The molecule has 0 aliphatic carbocycles. The first-order chi connectivity index (χ1) is 5.20. The first-order valence-electron chi connectivity index (χ1n) is 3.86. The second-order valence-electron chi connectivity index (χ2n) is 3.15. The number of rotatable bonds is 3. The maximum atomic E-state index is 5.81. The summed E-state index contributed by atoms with van der Waals surface area (Å²) in [7, 11) is 0. The van der Waals surface area contributed by atoms with Gasteiger partial charge in [-0.1, -0.05) is 19.0 Å². The molecule has 0 bridgehead atoms. The molecule has 3 heteroatoms. The molecule has 0 aliphatic rings. The maximum Gasteiger partial charge on any atom is 0.153 e. The quantitative estimate of drug-likeness (QED) is 0.721. The van der Waals surface area contributed by atoms with Crippen LogP contribution >= 0.6 is 0 Å². The second kappa shape index (κ2) is 3.53. The van der Waals surface area contributed by atoms with Gasteiger partial charge in [-0.05, 0) is 12.3 Å². The van der Waals surface area contributed by atoms with E-state index in [0.29, 0.717) is 5.92 Å². The molecule has 0 saturated heterocycles. The van der Waals surface area contributed by atoms with Gasteiger partial charge in [-0.15, -0.1) is 0 Å². The first-order valence-corrected chi connectivity index (χ1v) is 3.86. The smallest absolute Gasteiger partial charge is 0.153 e. The van der Waals surface area contributed by atoms with Crippen molar-refractivity contribution in [1.29, 1.82) is 0 Å². The van der Waals surface area contributed by atoms with Crippen LogP contribution in [0.2, 0.25) is 0 Å². The molecule has 1 aromatic rings. The molecular formula is C8H14N2O. The van der Waals surface area contributed by atoms with Crippen molar-refractivity contribution in [1.82, 2.24) is 5.16 Å². The van der Waals surface area contributed by atoms with Gasteiger partial charge in [0, 0.05) is 6.07 Å². The molecule has 0 aliphatic heterocycles. The molecule has 11 heavy (non-hydrogen) atoms. The molecule has 1 unspecified atom stereocenters. The van der Waals surface area contributed by atoms with Gasteiger partial charge in [0.15, 0.2) is 5.76 Å². The van der Waals surface area contributed by atoms with Gasteiger partial charge in [0.05, 0.1) is 12.2 Å². The lowest BCUT2D eigenvalue weighted by Crippen LogP contribution is -2.11. The lowest BCUT2D eigenvalue weighted by molar-refractivity contribution is 0.342. The SMILES string of the molecule is CC(C)CC(N)c1ccno1. The van der Waals surface area contributed by atoms with Crippen molar-refractivity contribution in [2.24, 2.45) is 11.7 Å². The summed E-state index contributed by atoms with van der Waals surface area (Å²) < 4.78 is 4.92. The van der Waals surface area contributed by atoms with Gasteiger partial charge in [0.25, 0.3) is 0 Å². The summed E-state index contributed by atoms with van der Waals surface area (Å²) in [5.41, 5.74) is 5.81. The van der Waals surface area contributed by atoms with E-state index >= 15 is 0 Å². The highest BCUT2D eigenvalue weighted by Gasteiger charge is 2.10. The number of nitrogens with two attached hydrogens (primary N) is 1. The van der Waals surface area contributed by atoms with Crippen molar-refractivity contribution >= 4 is 0 Å². The number of nitrogens with zero attached hydrogens (tertiary/aromatic N) is 1. The third kappa shape index (κ3) is 2.35. The Hall–Kier alpha value is -0.830. The van der Waals surface area contributed by atoms with Crippen LogP contribution in [0.25, 0.3) is 0 Å². The Balaban J connectivity index is 2.49. The zero-order valence-corrected chi connectivity index (χ0v) is 6.95. The topological polar surface area (TPSA) is 52.0 Å². The fourth-order valence-electron chi connectivity index (χ4n) is 1.04. The summed E-state index contributed by atoms with van der Waals surface area (Å²) in [4.78, 5) is 0. The Kier molecular flexibility index (Phi) is 2.65. The van der Waals surface area contributed by atoms with E-state index in [-0.39, 0.29) is 6.04 Å². The van der Waals surface area contributed by atoms with Gasteiger partial charge in [0.2, 0.25) is 0 Å². The minimum Gasteiger partial charge on any atom is -0.360 e. The van der Waals surface area contributed by atoms with E-state index in [4.69, 9.17) is 10.3 Å². The molecule has 1 rings (SSSR count). The average molecular weight is 154 g/mol. The highest BCUT2D eigenvalue weighted by molar-refractivity contribution is 4.99. The summed E-state index contributed by atoms with van der Waals surface area (Å²) in [6.07, 6.45) is 2.56. The fourth-order valence-corrected chi connectivity index (χ4v) is 1.04. The molecule has 0 radical (unpaired) electrons. The van der Waals surface area contributed by atoms with Crippen molar-refractivity contribution in [3.8, 4) is 0 Å². The molecule has 1 heterocycles. The van der Waals surface area contributed by atoms with Crippen LogP contribution in [0.3, 0.4) is 0 Å². The summed E-state index contributed by atoms with van der Waals surface area (Å²) in [5, 5.41) is 3.60. The second-order valence-corrected chi connectivity index (χ2v) is 3.15. The highest BCUT2D eigenvalue weighted by Crippen LogP contribution is 2.17. The van der Waals surface area contributed by atoms with Gasteiger partial charge < -0.3 is 10.3 Å². The van der Waals surface area contributed by atoms with Crippen LogP contribution < -0.4 is 5.73 Å². The molecule has 2 N–H and O–H groups in total. The lowest BCUT2D eigenvalue weighted by Gasteiger charge is -2.09. The summed E-state index contributed by atoms with van der Waals surface area (Å²) in [6.45, 7) is 4.27. The van der Waals surface area contributed by atoms with Gasteiger partial charge in [-0.25, -0.2) is 0 Å². The Labute approximate surface area is 66.6 Å². The molecule has 62 valence electrons. The average Bonchev–Trinajstić information content (AvgIpc) is 2.35. The minimum atomic E-state index is -0.00231. The van der Waals surface area contributed by atoms with E-state index < -0.39 is 0 Å². The number of hydrogen-bond donors (Lipinski definition) is 1. The lowest BCUT2D eigenvalue weighted by atomic mass is 10.0. The molecule has 0 spiro atoms. The predicted molar refractivity (Wildman–Crippen MR) is 42.9 cm³/mol. The van der Waals surface area contributed by atoms with Gasteiger partial charge in [-0.3, -0.25) is 0 Å². The molecule has 0 aromatic carbocycles. The van der Waals surface area contributed by atoms with Gasteiger partial charge >= 0.3 is 0 Å². The molecule has 0 fully saturated rings. The highest BCUT2D eigenvalue weighted by atomic mass is 16.5. The van der Waals surface area contributed by atoms with E-state index in [9.17, 15) is 0 Å². The van der Waals surface area contributed by atoms with E-state index in [1.807, 2.05) is 6.07 Å². The fraction of sp³-hybridized carbons (Fsp3) is 0.625. The van der Waals surface area contributed by atoms with Crippen molar-refractivity contribution < 1.29 is 4.52 Å². The van der Waals surface area contributed by atoms with E-state index in [0.717, 1.165) is 12.2 Å². The third-order valence-corrected chi connectivity index (χ3v) is 1.55. The predicted octanol–water partition coefficient (Wildman–Crippen LogP) is 1.72. The van der Waals surface area contributed by atoms with Crippen LogP contribution in [-0.2, 0) is 0 Å². The van der Waals surface area contributed by atoms with Crippen LogP contribution in [0.5, 0.6) is 0 Å². The molecule has 1 atom stereocenters. The Morgan fingerprint density at radius 2 is 2.36 bits per heavy atom. The monoisotopic (exact) mass is 154 g/mol. The zero-order valence-electron chi connectivity index (χ0n) is 6.95. The largest absolute Gasteiger partial charge is 0.360 e. The van der Waals surface area contributed by atoms with Crippen molar-refractivity contribution in [2.75, 3.05) is 0 Å². The normalized spacial score (nSPS) is 13.8. The Morgan fingerprint density at radius 3 is 2.82 bits per heavy atom. The van der Waals surface area contributed by atoms with Crippen LogP contribution in [0.15, 0.2) is 16.8 Å². The minimum absolute atomic E-state index is 0.00231. The Bertz CT molecular complexity index is 194. The standard InChI is InChI=1S/C8H14N2O/c1-6(2)5-7(9)8-3-4-10-11-8/h3-4,6-7H,5,9H2,1-2H3. The van der Waals surface area contributed by atoms with Crippen LogP contribution in [0.4, 0.5) is 0 Å². The zero-order chi connectivity index (χ0) is 8.27. The maximum absolute atomic E-state index is 5.81. The molecule has 1 aromatic heterocycles. The summed E-state index contributed by atoms with van der Waals surface area (Å²) >= 11 is 0. The van der Waals surface area contributed by atoms with Gasteiger partial charge in [-0.2, -0.15) is 0 Å². The summed E-state index contributed by atoms with van der Waals surface area (Å²) in [5.74, 6) is 1.37. The van der Waals surface area contributed by atoms with E-state index in [1.54, 1.807) is 6.20 Å². The summed E-state index contributed by atoms with van der Waals surface area (Å²) in [6, 6.07) is 1.81. The molecule has 0 saturated carbocycles. The molecule has 0 amide bonds. The van der Waals surface area contributed by atoms with Crippen molar-refractivity contribution in [3.63, 3.8) is 0 Å². The Morgan fingerprint density at radius 1 is 1.64 bits per heavy atom. The van der Waals surface area contributed by atoms with Gasteiger partial charge in [0.1, 0.15) is 0 Å². The van der Waals surface area contributed by atoms with E-state index in [1.165, 1.54) is 0 Å². The van der Waals surface area contributed by atoms with Crippen molar-refractivity contribution in [2.45, 2.75) is 26.3 Å². The van der Waals surface area contributed by atoms with Crippen LogP contribution in [0.1, 0.15) is 32.1 Å². The molecular weight excluding hydrogens is 140 g/mol. The first kappa shape index (κ1) is 8.27. The van der Waals surface area contributed by atoms with Crippen molar-refractivity contribution in [3.05, 3.63) is 18.0 Å². The third-order valence-electron chi connectivity index (χ3n) is 1.55.